The molecule has 1 rings (SSSR count). The number of rotatable bonds is 20. The molecule has 0 aliphatic carbocycles. The number of nitrogens with zero attached hydrogens (tertiary/aromatic N) is 1. The van der Waals surface area contributed by atoms with Crippen LogP contribution < -0.4 is 37.6 Å². The maximum atomic E-state index is 13.2. The van der Waals surface area contributed by atoms with E-state index in [-0.39, 0.29) is 13.0 Å². The molecule has 22 nitrogen and oxygen atoms in total. The average Bonchev–Trinajstić information content (AvgIpc) is 3.54. The molecule has 0 spiro atoms. The summed E-state index contributed by atoms with van der Waals surface area (Å²) in [6.07, 6.45) is -1.64. The van der Waals surface area contributed by atoms with E-state index in [2.05, 4.69) is 31.9 Å². The van der Waals surface area contributed by atoms with Crippen molar-refractivity contribution in [2.75, 3.05) is 32.8 Å². The number of nitrogens with two attached hydrogens (primary N) is 1. The van der Waals surface area contributed by atoms with Crippen LogP contribution in [0.2, 0.25) is 0 Å². The molecule has 0 saturated carbocycles. The van der Waals surface area contributed by atoms with Crippen molar-refractivity contribution in [2.45, 2.75) is 81.9 Å². The Balaban J connectivity index is 2.72. The minimum atomic E-state index is -1.62. The number of carbonyl (C=O) groups excluding carboxylic acids is 7. The van der Waals surface area contributed by atoms with Crippen molar-refractivity contribution in [3.8, 4) is 0 Å². The van der Waals surface area contributed by atoms with Gasteiger partial charge in [0.1, 0.15) is 36.3 Å². The van der Waals surface area contributed by atoms with Crippen LogP contribution in [-0.4, -0.2) is 159 Å². The Bertz CT molecular complexity index is 1250. The van der Waals surface area contributed by atoms with E-state index in [1.54, 1.807) is 0 Å². The van der Waals surface area contributed by atoms with E-state index in [9.17, 15) is 58.5 Å². The third-order valence-corrected chi connectivity index (χ3v) is 7.17. The number of amides is 7. The molecule has 1 saturated heterocycles. The predicted molar refractivity (Wildman–Crippen MR) is 162 cm³/mol. The van der Waals surface area contributed by atoms with E-state index >= 15 is 0 Å². The zero-order valence-electron chi connectivity index (χ0n) is 26.8. The first-order chi connectivity index (χ1) is 22.9. The van der Waals surface area contributed by atoms with Crippen LogP contribution in [0.4, 0.5) is 0 Å². The Morgan fingerprint density at radius 2 is 1.33 bits per heavy atom. The molecule has 7 amide bonds. The summed E-state index contributed by atoms with van der Waals surface area (Å²) < 4.78 is 0. The lowest BCUT2D eigenvalue weighted by Crippen LogP contribution is -2.59. The van der Waals surface area contributed by atoms with Crippen LogP contribution in [-0.2, 0) is 43.2 Å². The molecule has 22 heteroatoms. The largest absolute Gasteiger partial charge is 0.481 e. The predicted octanol–water partition coefficient (Wildman–Crippen LogP) is -7.19. The molecule has 1 heterocycles. The SMILES string of the molecule is C[C@H](NC(=O)[C@@H]1CCCN1C(=O)[C@H](CO)NC(=O)[C@H](CO)NC(=O)CNC(=O)[C@@H](N)[C@@H](C)O)C(=O)NCC(=O)N[C@@H](CCC(=O)O)C(=O)O. The minimum Gasteiger partial charge on any atom is -0.481 e. The van der Waals surface area contributed by atoms with Crippen LogP contribution in [0.25, 0.3) is 0 Å². The van der Waals surface area contributed by atoms with Gasteiger partial charge in [0.25, 0.3) is 0 Å². The molecule has 276 valence electrons. The van der Waals surface area contributed by atoms with Crippen molar-refractivity contribution >= 4 is 53.3 Å². The Morgan fingerprint density at radius 1 is 0.776 bits per heavy atom. The Kier molecular flexibility index (Phi) is 17.6. The number of aliphatic carboxylic acids is 2. The maximum Gasteiger partial charge on any atom is 0.326 e. The Morgan fingerprint density at radius 3 is 1.84 bits per heavy atom. The summed E-state index contributed by atoms with van der Waals surface area (Å²) in [7, 11) is 0. The molecular weight excluding hydrogens is 660 g/mol. The van der Waals surface area contributed by atoms with Gasteiger partial charge in [-0.05, 0) is 33.1 Å². The summed E-state index contributed by atoms with van der Waals surface area (Å²) in [5.41, 5.74) is 5.45. The third kappa shape index (κ3) is 14.0. The van der Waals surface area contributed by atoms with E-state index in [4.69, 9.17) is 15.9 Å². The number of carbonyl (C=O) groups is 9. The van der Waals surface area contributed by atoms with Gasteiger partial charge in [-0.15, -0.1) is 0 Å². The highest BCUT2D eigenvalue weighted by molar-refractivity contribution is 5.97. The average molecular weight is 705 g/mol. The smallest absolute Gasteiger partial charge is 0.326 e. The van der Waals surface area contributed by atoms with Gasteiger partial charge in [0.15, 0.2) is 0 Å². The summed E-state index contributed by atoms with van der Waals surface area (Å²) in [6.45, 7) is -0.671. The molecule has 1 aliphatic heterocycles. The molecule has 7 atom stereocenters. The van der Waals surface area contributed by atoms with Gasteiger partial charge in [-0.1, -0.05) is 0 Å². The van der Waals surface area contributed by atoms with E-state index in [1.807, 2.05) is 0 Å². The number of nitrogens with one attached hydrogen (secondary N) is 6. The zero-order chi connectivity index (χ0) is 37.4. The number of hydrogen-bond donors (Lipinski definition) is 12. The summed E-state index contributed by atoms with van der Waals surface area (Å²) >= 11 is 0. The summed E-state index contributed by atoms with van der Waals surface area (Å²) in [4.78, 5) is 110. The van der Waals surface area contributed by atoms with Crippen molar-refractivity contribution < 1.29 is 68.7 Å². The fourth-order valence-corrected chi connectivity index (χ4v) is 4.37. The van der Waals surface area contributed by atoms with Crippen LogP contribution in [0.1, 0.15) is 39.5 Å². The molecular formula is C27H44N8O14. The Hall–Kier alpha value is -4.93. The molecule has 0 bridgehead atoms. The van der Waals surface area contributed by atoms with Gasteiger partial charge in [-0.2, -0.15) is 0 Å². The highest BCUT2D eigenvalue weighted by atomic mass is 16.4. The number of likely N-dealkylation sites (tertiary alicyclic amines) is 1. The minimum absolute atomic E-state index is 0.0329. The highest BCUT2D eigenvalue weighted by Crippen LogP contribution is 2.19. The first-order valence-corrected chi connectivity index (χ1v) is 15.1. The summed E-state index contributed by atoms with van der Waals surface area (Å²) in [5.74, 6) is -9.05. The first-order valence-electron chi connectivity index (χ1n) is 15.1. The van der Waals surface area contributed by atoms with Crippen molar-refractivity contribution in [1.82, 2.24) is 36.8 Å². The fraction of sp³-hybridized carbons (Fsp3) is 0.667. The monoisotopic (exact) mass is 704 g/mol. The van der Waals surface area contributed by atoms with Gasteiger partial charge in [-0.3, -0.25) is 38.4 Å². The van der Waals surface area contributed by atoms with Gasteiger partial charge in [0.2, 0.25) is 41.4 Å². The van der Waals surface area contributed by atoms with E-state index in [0.29, 0.717) is 6.42 Å². The topological polar surface area (TPSA) is 356 Å². The van der Waals surface area contributed by atoms with E-state index in [1.165, 1.54) is 13.8 Å². The molecule has 0 aromatic heterocycles. The van der Waals surface area contributed by atoms with E-state index < -0.39 is 135 Å². The molecule has 0 unspecified atom stereocenters. The Labute approximate surface area is 279 Å². The summed E-state index contributed by atoms with van der Waals surface area (Å²) in [5, 5.41) is 59.7. The number of aliphatic hydroxyl groups excluding tert-OH is 3. The standard InChI is InChI=1S/C27H44N8O14/c1-12(22(43)29-8-18(39)32-14(27(48)49)5-6-20(41)42)31-24(45)17-4-3-7-35(17)26(47)16(11-37)34-23(44)15(10-36)33-19(40)9-30-25(46)21(28)13(2)38/h12-17,21,36-38H,3-11,28H2,1-2H3,(H,29,43)(H,30,46)(H,31,45)(H,32,39)(H,33,40)(H,34,44)(H,41,42)(H,48,49)/t12-,13+,14-,15-,16-,17-,21-/m0/s1. The van der Waals surface area contributed by atoms with Gasteiger partial charge in [-0.25, -0.2) is 4.79 Å². The van der Waals surface area contributed by atoms with Crippen LogP contribution in [0.3, 0.4) is 0 Å². The highest BCUT2D eigenvalue weighted by Gasteiger charge is 2.39. The number of carboxylic acids is 2. The van der Waals surface area contributed by atoms with Crippen molar-refractivity contribution in [3.05, 3.63) is 0 Å². The number of hydrogen-bond acceptors (Lipinski definition) is 13. The van der Waals surface area contributed by atoms with Crippen LogP contribution in [0.15, 0.2) is 0 Å². The van der Waals surface area contributed by atoms with Crippen LogP contribution >= 0.6 is 0 Å². The lowest BCUT2D eigenvalue weighted by atomic mass is 10.1. The summed E-state index contributed by atoms with van der Waals surface area (Å²) in [6, 6.07) is -8.43. The quantitative estimate of drug-likeness (QED) is 0.0560. The molecule has 49 heavy (non-hydrogen) atoms. The van der Waals surface area contributed by atoms with E-state index in [0.717, 1.165) is 4.90 Å². The number of aliphatic hydroxyl groups is 3. The second-order valence-electron chi connectivity index (χ2n) is 11.1. The fourth-order valence-electron chi connectivity index (χ4n) is 4.37. The van der Waals surface area contributed by atoms with Crippen molar-refractivity contribution in [2.24, 2.45) is 5.73 Å². The molecule has 0 radical (unpaired) electrons. The van der Waals surface area contributed by atoms with Crippen LogP contribution in [0, 0.1) is 0 Å². The zero-order valence-corrected chi connectivity index (χ0v) is 26.8. The molecule has 0 aromatic carbocycles. The second-order valence-corrected chi connectivity index (χ2v) is 11.1. The normalized spacial score (nSPS) is 17.6. The maximum absolute atomic E-state index is 13.2. The lowest BCUT2D eigenvalue weighted by molar-refractivity contribution is -0.143. The second kappa shape index (κ2) is 20.4. The molecule has 1 fully saturated rings. The van der Waals surface area contributed by atoms with Crippen LogP contribution in [0.5, 0.6) is 0 Å². The lowest BCUT2D eigenvalue weighted by Gasteiger charge is -2.29. The molecule has 1 aliphatic rings. The van der Waals surface area contributed by atoms with Gasteiger partial charge < -0.3 is 68.1 Å². The first kappa shape index (κ1) is 42.1. The van der Waals surface area contributed by atoms with Crippen molar-refractivity contribution in [3.63, 3.8) is 0 Å². The van der Waals surface area contributed by atoms with Gasteiger partial charge >= 0.3 is 11.9 Å². The molecule has 0 aromatic rings. The third-order valence-electron chi connectivity index (χ3n) is 7.17. The van der Waals surface area contributed by atoms with Gasteiger partial charge in [0, 0.05) is 13.0 Å². The van der Waals surface area contributed by atoms with Crippen molar-refractivity contribution in [1.29, 1.82) is 0 Å². The molecule has 13 N–H and O–H groups in total. The van der Waals surface area contributed by atoms with Gasteiger partial charge in [0.05, 0.1) is 32.4 Å². The number of carboxylic acid groups (broad SMARTS) is 2.